The summed E-state index contributed by atoms with van der Waals surface area (Å²) in [4.78, 5) is 20.2. The van der Waals surface area contributed by atoms with Gasteiger partial charge < -0.3 is 5.32 Å². The molecule has 6 heteroatoms. The Morgan fingerprint density at radius 2 is 1.96 bits per heavy atom. The number of hydrogen-bond donors (Lipinski definition) is 1. The number of benzene rings is 1. The standard InChI is InChI=1S/C19H13FN4O/c20-16-3-1-2-13(9-16)8-14-5-7-18(23-11-14)24-19(25)17-6-4-15(10-21)12-22-17/h1-7,9,11-12H,8H2,(H,23,24,25). The molecule has 1 N–H and O–H groups in total. The molecule has 1 aromatic carbocycles. The van der Waals surface area contributed by atoms with Crippen LogP contribution in [0, 0.1) is 17.1 Å². The van der Waals surface area contributed by atoms with Crippen molar-refractivity contribution in [1.82, 2.24) is 9.97 Å². The first kappa shape index (κ1) is 16.3. The molecule has 122 valence electrons. The summed E-state index contributed by atoms with van der Waals surface area (Å²) in [5.41, 5.74) is 2.33. The molecule has 3 rings (SSSR count). The van der Waals surface area contributed by atoms with Crippen molar-refractivity contribution in [2.45, 2.75) is 6.42 Å². The van der Waals surface area contributed by atoms with E-state index < -0.39 is 5.91 Å². The summed E-state index contributed by atoms with van der Waals surface area (Å²) >= 11 is 0. The zero-order chi connectivity index (χ0) is 17.6. The van der Waals surface area contributed by atoms with Gasteiger partial charge in [-0.25, -0.2) is 14.4 Å². The van der Waals surface area contributed by atoms with E-state index in [1.807, 2.05) is 18.2 Å². The lowest BCUT2D eigenvalue weighted by Crippen LogP contribution is -2.14. The zero-order valence-electron chi connectivity index (χ0n) is 13.1. The van der Waals surface area contributed by atoms with E-state index in [1.54, 1.807) is 18.3 Å². The number of amides is 1. The maximum atomic E-state index is 13.2. The highest BCUT2D eigenvalue weighted by atomic mass is 19.1. The number of rotatable bonds is 4. The third kappa shape index (κ3) is 4.24. The second-order valence-corrected chi connectivity index (χ2v) is 5.36. The van der Waals surface area contributed by atoms with Gasteiger partial charge in [0, 0.05) is 12.4 Å². The molecule has 2 aromatic heterocycles. The molecule has 0 saturated heterocycles. The molecule has 1 amide bonds. The first-order valence-corrected chi connectivity index (χ1v) is 7.51. The number of aromatic nitrogens is 2. The van der Waals surface area contributed by atoms with Crippen LogP contribution in [-0.4, -0.2) is 15.9 Å². The summed E-state index contributed by atoms with van der Waals surface area (Å²) < 4.78 is 13.2. The number of pyridine rings is 2. The molecular formula is C19H13FN4O. The molecule has 2 heterocycles. The van der Waals surface area contributed by atoms with Crippen LogP contribution in [0.4, 0.5) is 10.2 Å². The SMILES string of the molecule is N#Cc1ccc(C(=O)Nc2ccc(Cc3cccc(F)c3)cn2)nc1. The number of nitrogens with zero attached hydrogens (tertiary/aromatic N) is 3. The fourth-order valence-corrected chi connectivity index (χ4v) is 2.26. The minimum atomic E-state index is -0.408. The van der Waals surface area contributed by atoms with Crippen LogP contribution in [-0.2, 0) is 6.42 Å². The molecule has 0 radical (unpaired) electrons. The fourth-order valence-electron chi connectivity index (χ4n) is 2.26. The summed E-state index contributed by atoms with van der Waals surface area (Å²) in [5.74, 6) is -0.293. The van der Waals surface area contributed by atoms with E-state index in [-0.39, 0.29) is 11.5 Å². The molecule has 0 fully saturated rings. The van der Waals surface area contributed by atoms with E-state index in [2.05, 4.69) is 15.3 Å². The molecular weight excluding hydrogens is 319 g/mol. The van der Waals surface area contributed by atoms with Crippen LogP contribution in [0.1, 0.15) is 27.2 Å². The Kier molecular flexibility index (Phi) is 4.77. The van der Waals surface area contributed by atoms with Crippen molar-refractivity contribution in [1.29, 1.82) is 5.26 Å². The highest BCUT2D eigenvalue weighted by Crippen LogP contribution is 2.13. The van der Waals surface area contributed by atoms with Gasteiger partial charge in [0.2, 0.25) is 0 Å². The molecule has 0 aliphatic heterocycles. The average Bonchev–Trinajstić information content (AvgIpc) is 2.63. The van der Waals surface area contributed by atoms with Crippen LogP contribution >= 0.6 is 0 Å². The first-order chi connectivity index (χ1) is 12.1. The number of anilines is 1. The Balaban J connectivity index is 1.65. The van der Waals surface area contributed by atoms with E-state index in [9.17, 15) is 9.18 Å². The van der Waals surface area contributed by atoms with E-state index in [0.29, 0.717) is 17.8 Å². The van der Waals surface area contributed by atoms with E-state index in [4.69, 9.17) is 5.26 Å². The maximum absolute atomic E-state index is 13.2. The van der Waals surface area contributed by atoms with Crippen LogP contribution < -0.4 is 5.32 Å². The normalized spacial score (nSPS) is 10.1. The van der Waals surface area contributed by atoms with E-state index >= 15 is 0 Å². The molecule has 0 spiro atoms. The number of carbonyl (C=O) groups is 1. The van der Waals surface area contributed by atoms with Gasteiger partial charge in [0.15, 0.2) is 0 Å². The second-order valence-electron chi connectivity index (χ2n) is 5.36. The Morgan fingerprint density at radius 1 is 1.08 bits per heavy atom. The van der Waals surface area contributed by atoms with Gasteiger partial charge >= 0.3 is 0 Å². The number of nitrogens with one attached hydrogen (secondary N) is 1. The summed E-state index contributed by atoms with van der Waals surface area (Å²) in [6.07, 6.45) is 3.52. The maximum Gasteiger partial charge on any atom is 0.275 e. The minimum absolute atomic E-state index is 0.199. The molecule has 0 bridgehead atoms. The van der Waals surface area contributed by atoms with Gasteiger partial charge in [-0.2, -0.15) is 5.26 Å². The predicted molar refractivity (Wildman–Crippen MR) is 90.3 cm³/mol. The lowest BCUT2D eigenvalue weighted by atomic mass is 10.1. The summed E-state index contributed by atoms with van der Waals surface area (Å²) in [7, 11) is 0. The smallest absolute Gasteiger partial charge is 0.275 e. The molecule has 0 aliphatic carbocycles. The van der Waals surface area contributed by atoms with Crippen molar-refractivity contribution in [3.05, 3.63) is 89.1 Å². The molecule has 0 saturated carbocycles. The van der Waals surface area contributed by atoms with Gasteiger partial charge in [-0.05, 0) is 47.9 Å². The van der Waals surface area contributed by atoms with Crippen molar-refractivity contribution in [2.75, 3.05) is 5.32 Å². The van der Waals surface area contributed by atoms with Crippen LogP contribution in [0.3, 0.4) is 0 Å². The Hall–Kier alpha value is -3.59. The summed E-state index contributed by atoms with van der Waals surface area (Å²) in [6, 6.07) is 14.8. The zero-order valence-corrected chi connectivity index (χ0v) is 13.1. The van der Waals surface area contributed by atoms with Crippen molar-refractivity contribution in [3.8, 4) is 6.07 Å². The summed E-state index contributed by atoms with van der Waals surface area (Å²) in [6.45, 7) is 0. The Labute approximate surface area is 143 Å². The van der Waals surface area contributed by atoms with Crippen LogP contribution in [0.15, 0.2) is 60.9 Å². The largest absolute Gasteiger partial charge is 0.305 e. The van der Waals surface area contributed by atoms with Gasteiger partial charge in [0.25, 0.3) is 5.91 Å². The fraction of sp³-hybridized carbons (Fsp3) is 0.0526. The number of nitriles is 1. The third-order valence-corrected chi connectivity index (χ3v) is 3.49. The van der Waals surface area contributed by atoms with Crippen LogP contribution in [0.2, 0.25) is 0 Å². The molecule has 25 heavy (non-hydrogen) atoms. The highest BCUT2D eigenvalue weighted by Gasteiger charge is 2.08. The number of halogens is 1. The Morgan fingerprint density at radius 3 is 2.60 bits per heavy atom. The summed E-state index contributed by atoms with van der Waals surface area (Å²) in [5, 5.41) is 11.4. The quantitative estimate of drug-likeness (QED) is 0.795. The Bertz CT molecular complexity index is 931. The predicted octanol–water partition coefficient (Wildman–Crippen LogP) is 3.33. The molecule has 5 nitrogen and oxygen atoms in total. The highest BCUT2D eigenvalue weighted by molar-refractivity contribution is 6.02. The van der Waals surface area contributed by atoms with E-state index in [0.717, 1.165) is 11.1 Å². The lowest BCUT2D eigenvalue weighted by molar-refractivity contribution is 0.102. The first-order valence-electron chi connectivity index (χ1n) is 7.51. The van der Waals surface area contributed by atoms with Crippen molar-refractivity contribution in [2.24, 2.45) is 0 Å². The van der Waals surface area contributed by atoms with Crippen LogP contribution in [0.5, 0.6) is 0 Å². The van der Waals surface area contributed by atoms with Crippen LogP contribution in [0.25, 0.3) is 0 Å². The van der Waals surface area contributed by atoms with Gasteiger partial charge in [0.1, 0.15) is 23.4 Å². The lowest BCUT2D eigenvalue weighted by Gasteiger charge is -2.06. The van der Waals surface area contributed by atoms with Crippen molar-refractivity contribution < 1.29 is 9.18 Å². The topological polar surface area (TPSA) is 78.7 Å². The van der Waals surface area contributed by atoms with E-state index in [1.165, 1.54) is 30.5 Å². The second kappa shape index (κ2) is 7.32. The number of carbonyl (C=O) groups excluding carboxylic acids is 1. The van der Waals surface area contributed by atoms with Gasteiger partial charge in [-0.1, -0.05) is 18.2 Å². The monoisotopic (exact) mass is 332 g/mol. The van der Waals surface area contributed by atoms with Gasteiger partial charge in [-0.15, -0.1) is 0 Å². The van der Waals surface area contributed by atoms with Crippen molar-refractivity contribution >= 4 is 11.7 Å². The third-order valence-electron chi connectivity index (χ3n) is 3.49. The van der Waals surface area contributed by atoms with Gasteiger partial charge in [-0.3, -0.25) is 4.79 Å². The molecule has 3 aromatic rings. The van der Waals surface area contributed by atoms with Crippen molar-refractivity contribution in [3.63, 3.8) is 0 Å². The number of hydrogen-bond acceptors (Lipinski definition) is 4. The molecule has 0 unspecified atom stereocenters. The molecule has 0 aliphatic rings. The minimum Gasteiger partial charge on any atom is -0.305 e. The van der Waals surface area contributed by atoms with Gasteiger partial charge in [0.05, 0.1) is 5.56 Å². The molecule has 0 atom stereocenters. The average molecular weight is 332 g/mol.